The topological polar surface area (TPSA) is 55.4 Å². The SMILES string of the molecule is CC1(C)Oc2c(C=Cc3c(O[Si](C)(C)C(C)(C)C)c4c(c5c3OC(C)(C)O5)CCCC4)c(O[Si](C)(C)C(C)(C)C)c3c(c2O1)CCCC3. The first-order valence-electron chi connectivity index (χ1n) is 18.3. The van der Waals surface area contributed by atoms with Crippen LogP contribution in [0.2, 0.25) is 36.3 Å². The van der Waals surface area contributed by atoms with Crippen LogP contribution in [0, 0.1) is 0 Å². The fourth-order valence-electron chi connectivity index (χ4n) is 6.83. The van der Waals surface area contributed by atoms with Crippen molar-refractivity contribution in [2.75, 3.05) is 0 Å². The fourth-order valence-corrected chi connectivity index (χ4v) is 8.92. The van der Waals surface area contributed by atoms with E-state index in [4.69, 9.17) is 27.8 Å². The van der Waals surface area contributed by atoms with E-state index in [1.165, 1.54) is 22.3 Å². The summed E-state index contributed by atoms with van der Waals surface area (Å²) in [6.07, 6.45) is 12.8. The number of rotatable bonds is 6. The van der Waals surface area contributed by atoms with Crippen LogP contribution in [0.1, 0.15) is 128 Å². The summed E-state index contributed by atoms with van der Waals surface area (Å²) in [6.45, 7) is 31.1. The van der Waals surface area contributed by atoms with Gasteiger partial charge in [-0.2, -0.15) is 0 Å². The molecule has 48 heavy (non-hydrogen) atoms. The van der Waals surface area contributed by atoms with Gasteiger partial charge in [-0.3, -0.25) is 0 Å². The Morgan fingerprint density at radius 1 is 0.500 bits per heavy atom. The first-order valence-corrected chi connectivity index (χ1v) is 24.1. The van der Waals surface area contributed by atoms with Crippen molar-refractivity contribution in [3.8, 4) is 34.5 Å². The Balaban J connectivity index is 1.62. The van der Waals surface area contributed by atoms with Gasteiger partial charge >= 0.3 is 0 Å². The summed E-state index contributed by atoms with van der Waals surface area (Å²) in [4.78, 5) is 0. The van der Waals surface area contributed by atoms with E-state index in [1.807, 2.05) is 27.7 Å². The summed E-state index contributed by atoms with van der Waals surface area (Å²) in [7, 11) is -4.45. The van der Waals surface area contributed by atoms with Crippen LogP contribution in [-0.4, -0.2) is 28.2 Å². The summed E-state index contributed by atoms with van der Waals surface area (Å²) in [5, 5.41) is 0.0663. The van der Waals surface area contributed by atoms with Crippen LogP contribution in [0.3, 0.4) is 0 Å². The van der Waals surface area contributed by atoms with Crippen LogP contribution in [0.15, 0.2) is 0 Å². The van der Waals surface area contributed by atoms with Gasteiger partial charge in [0.05, 0.1) is 11.1 Å². The van der Waals surface area contributed by atoms with Crippen molar-refractivity contribution in [1.82, 2.24) is 0 Å². The molecule has 0 atom stereocenters. The molecule has 0 amide bonds. The highest BCUT2D eigenvalue weighted by atomic mass is 28.4. The fraction of sp³-hybridized carbons (Fsp3) is 0.650. The van der Waals surface area contributed by atoms with Gasteiger partial charge < -0.3 is 27.8 Å². The smallest absolute Gasteiger partial charge is 0.250 e. The second kappa shape index (κ2) is 11.5. The highest BCUT2D eigenvalue weighted by Gasteiger charge is 2.46. The van der Waals surface area contributed by atoms with Crippen LogP contribution < -0.4 is 27.8 Å². The molecule has 0 aromatic heterocycles. The Morgan fingerprint density at radius 2 is 0.792 bits per heavy atom. The van der Waals surface area contributed by atoms with Crippen molar-refractivity contribution in [1.29, 1.82) is 0 Å². The molecule has 4 aliphatic rings. The zero-order valence-electron chi connectivity index (χ0n) is 32.3. The van der Waals surface area contributed by atoms with E-state index in [9.17, 15) is 0 Å². The molecule has 0 unspecified atom stereocenters. The van der Waals surface area contributed by atoms with Gasteiger partial charge in [0.15, 0.2) is 23.0 Å². The van der Waals surface area contributed by atoms with Gasteiger partial charge in [-0.05, 0) is 99.8 Å². The first-order chi connectivity index (χ1) is 22.0. The summed E-state index contributed by atoms with van der Waals surface area (Å²) in [5.74, 6) is 3.72. The molecule has 0 saturated heterocycles. The van der Waals surface area contributed by atoms with Crippen LogP contribution in [0.4, 0.5) is 0 Å². The van der Waals surface area contributed by atoms with Crippen molar-refractivity contribution in [3.05, 3.63) is 33.4 Å². The highest BCUT2D eigenvalue weighted by Crippen LogP contribution is 2.57. The summed E-state index contributed by atoms with van der Waals surface area (Å²) < 4.78 is 41.1. The van der Waals surface area contributed by atoms with E-state index in [0.717, 1.165) is 97.0 Å². The molecule has 0 fully saturated rings. The average Bonchev–Trinajstić information content (AvgIpc) is 3.47. The summed E-state index contributed by atoms with van der Waals surface area (Å²) in [6, 6.07) is 0. The lowest BCUT2D eigenvalue weighted by atomic mass is 9.86. The molecule has 2 aromatic carbocycles. The Kier molecular flexibility index (Phi) is 8.43. The molecular formula is C40H60O6Si2. The van der Waals surface area contributed by atoms with Crippen molar-refractivity contribution in [2.45, 2.75) is 168 Å². The van der Waals surface area contributed by atoms with Gasteiger partial charge in [0.1, 0.15) is 11.5 Å². The minimum atomic E-state index is -2.23. The van der Waals surface area contributed by atoms with Crippen LogP contribution in [-0.2, 0) is 25.7 Å². The van der Waals surface area contributed by atoms with Crippen LogP contribution in [0.25, 0.3) is 12.2 Å². The molecule has 2 aromatic rings. The molecule has 6 nitrogen and oxygen atoms in total. The average molecular weight is 693 g/mol. The molecule has 264 valence electrons. The normalized spacial score (nSPS) is 19.7. The zero-order valence-corrected chi connectivity index (χ0v) is 34.3. The number of hydrogen-bond donors (Lipinski definition) is 0. The predicted octanol–water partition coefficient (Wildman–Crippen LogP) is 11.4. The third kappa shape index (κ3) is 6.18. The van der Waals surface area contributed by atoms with Crippen LogP contribution >= 0.6 is 0 Å². The minimum absolute atomic E-state index is 0.0332. The lowest BCUT2D eigenvalue weighted by Crippen LogP contribution is -2.44. The van der Waals surface area contributed by atoms with Gasteiger partial charge in [0.25, 0.3) is 16.6 Å². The quantitative estimate of drug-likeness (QED) is 0.222. The maximum absolute atomic E-state index is 7.32. The van der Waals surface area contributed by atoms with E-state index >= 15 is 0 Å². The Labute approximate surface area is 292 Å². The third-order valence-electron chi connectivity index (χ3n) is 11.6. The molecule has 0 saturated carbocycles. The molecule has 2 heterocycles. The molecule has 8 heteroatoms. The molecule has 0 N–H and O–H groups in total. The number of hydrogen-bond acceptors (Lipinski definition) is 6. The Morgan fingerprint density at radius 3 is 1.10 bits per heavy atom. The van der Waals surface area contributed by atoms with Crippen molar-refractivity contribution >= 4 is 28.8 Å². The van der Waals surface area contributed by atoms with E-state index in [-0.39, 0.29) is 10.1 Å². The monoisotopic (exact) mass is 692 g/mol. The van der Waals surface area contributed by atoms with Crippen LogP contribution in [0.5, 0.6) is 34.5 Å². The molecule has 2 aliphatic heterocycles. The van der Waals surface area contributed by atoms with Gasteiger partial charge in [-0.15, -0.1) is 0 Å². The maximum Gasteiger partial charge on any atom is 0.250 e. The van der Waals surface area contributed by atoms with Crippen molar-refractivity contribution in [3.63, 3.8) is 0 Å². The highest BCUT2D eigenvalue weighted by molar-refractivity contribution is 6.75. The Hall–Kier alpha value is -2.59. The van der Waals surface area contributed by atoms with E-state index in [2.05, 4.69) is 79.9 Å². The van der Waals surface area contributed by atoms with Crippen molar-refractivity contribution in [2.24, 2.45) is 0 Å². The number of ether oxygens (including phenoxy) is 4. The van der Waals surface area contributed by atoms with Gasteiger partial charge in [0.2, 0.25) is 11.6 Å². The largest absolute Gasteiger partial charge is 0.543 e. The maximum atomic E-state index is 7.32. The van der Waals surface area contributed by atoms with E-state index in [0.29, 0.717) is 0 Å². The molecule has 2 aliphatic carbocycles. The molecule has 6 rings (SSSR count). The lowest BCUT2D eigenvalue weighted by molar-refractivity contribution is -0.0442. The van der Waals surface area contributed by atoms with Gasteiger partial charge in [0, 0.05) is 49.9 Å². The first kappa shape index (κ1) is 35.2. The van der Waals surface area contributed by atoms with E-state index in [1.54, 1.807) is 0 Å². The Bertz CT molecular complexity index is 1530. The molecule has 0 bridgehead atoms. The standard InChI is InChI=1S/C40H60O6Si2/c1-37(2,3)47(11,12)45-31-25-19-15-17-21-27(25)33-35(43-39(7,8)41-33)29(31)23-24-30-32(46-48(13,14)38(4,5)6)26-20-16-18-22-28(26)34-36(30)44-40(9,10)42-34/h23-24H,15-22H2,1-14H3. The molecular weight excluding hydrogens is 633 g/mol. The van der Waals surface area contributed by atoms with E-state index < -0.39 is 28.2 Å². The second-order valence-electron chi connectivity index (χ2n) is 18.4. The lowest BCUT2D eigenvalue weighted by Gasteiger charge is -2.38. The van der Waals surface area contributed by atoms with Crippen molar-refractivity contribution < 1.29 is 27.8 Å². The second-order valence-corrected chi connectivity index (χ2v) is 27.8. The molecule has 0 spiro atoms. The number of fused-ring (bicyclic) bond motifs is 6. The zero-order chi connectivity index (χ0) is 35.2. The predicted molar refractivity (Wildman–Crippen MR) is 201 cm³/mol. The third-order valence-corrected chi connectivity index (χ3v) is 20.2. The van der Waals surface area contributed by atoms with Gasteiger partial charge in [-0.1, -0.05) is 41.5 Å². The minimum Gasteiger partial charge on any atom is -0.543 e. The molecule has 0 radical (unpaired) electrons. The summed E-state index contributed by atoms with van der Waals surface area (Å²) in [5.41, 5.74) is 6.96. The van der Waals surface area contributed by atoms with Gasteiger partial charge in [-0.25, -0.2) is 0 Å². The summed E-state index contributed by atoms with van der Waals surface area (Å²) >= 11 is 0. The number of benzene rings is 2.